The highest BCUT2D eigenvalue weighted by atomic mass is 19.4. The Hall–Kier alpha value is -1.40. The number of ether oxygens (including phenoxy) is 1. The van der Waals surface area contributed by atoms with E-state index in [0.717, 1.165) is 6.20 Å². The van der Waals surface area contributed by atoms with Crippen LogP contribution in [0.1, 0.15) is 0 Å². The molecule has 2 nitrogen and oxygen atoms in total. The van der Waals surface area contributed by atoms with Crippen LogP contribution in [-0.2, 0) is 0 Å². The van der Waals surface area contributed by atoms with Crippen molar-refractivity contribution < 1.29 is 26.7 Å². The molecule has 0 N–H and O–H groups in total. The van der Waals surface area contributed by atoms with Crippen LogP contribution >= 0.6 is 0 Å². The molecule has 0 aliphatic carbocycles. The molecule has 1 heterocycles. The predicted octanol–water partition coefficient (Wildman–Crippen LogP) is 2.66. The third-order valence-corrected chi connectivity index (χ3v) is 1.47. The largest absolute Gasteiger partial charge is 0.485 e. The van der Waals surface area contributed by atoms with E-state index >= 15 is 0 Å². The summed E-state index contributed by atoms with van der Waals surface area (Å²) in [5, 5.41) is 0. The third-order valence-electron chi connectivity index (χ3n) is 1.47. The minimum atomic E-state index is -5.60. The van der Waals surface area contributed by atoms with Gasteiger partial charge in [0.25, 0.3) is 0 Å². The summed E-state index contributed by atoms with van der Waals surface area (Å²) in [6.07, 6.45) is -3.21. The van der Waals surface area contributed by atoms with Crippen molar-refractivity contribution in [1.29, 1.82) is 0 Å². The lowest BCUT2D eigenvalue weighted by Gasteiger charge is -2.19. The number of halogens is 5. The molecule has 0 aliphatic rings. The predicted molar refractivity (Wildman–Crippen MR) is 40.7 cm³/mol. The number of alkyl halides is 5. The average Bonchev–Trinajstić information content (AvgIpc) is 2.15. The lowest BCUT2D eigenvalue weighted by atomic mass is 10.3. The fraction of sp³-hybridized carbons (Fsp3) is 0.375. The van der Waals surface area contributed by atoms with E-state index in [2.05, 4.69) is 9.72 Å². The van der Waals surface area contributed by atoms with Gasteiger partial charge < -0.3 is 4.74 Å². The first kappa shape index (κ1) is 11.7. The zero-order valence-electron chi connectivity index (χ0n) is 7.26. The van der Waals surface area contributed by atoms with Crippen molar-refractivity contribution >= 4 is 0 Å². The first-order valence-electron chi connectivity index (χ1n) is 3.80. The zero-order valence-corrected chi connectivity index (χ0v) is 7.26. The molecule has 0 saturated heterocycles. The maximum atomic E-state index is 12.3. The Morgan fingerprint density at radius 1 is 1.20 bits per heavy atom. The Kier molecular flexibility index (Phi) is 3.11. The van der Waals surface area contributed by atoms with Gasteiger partial charge in [0, 0.05) is 6.20 Å². The van der Waals surface area contributed by atoms with Crippen molar-refractivity contribution in [3.05, 3.63) is 24.5 Å². The quantitative estimate of drug-likeness (QED) is 0.740. The molecular weight excluding hydrogens is 221 g/mol. The maximum absolute atomic E-state index is 12.3. The van der Waals surface area contributed by atoms with Gasteiger partial charge in [-0.2, -0.15) is 22.0 Å². The van der Waals surface area contributed by atoms with Gasteiger partial charge in [-0.15, -0.1) is 0 Å². The van der Waals surface area contributed by atoms with Gasteiger partial charge in [-0.25, -0.2) is 0 Å². The monoisotopic (exact) mass is 227 g/mol. The number of nitrogens with zero attached hydrogens (tertiary/aromatic N) is 1. The van der Waals surface area contributed by atoms with Crippen LogP contribution in [0.15, 0.2) is 24.5 Å². The third kappa shape index (κ3) is 3.03. The van der Waals surface area contributed by atoms with Crippen molar-refractivity contribution in [2.75, 3.05) is 6.61 Å². The minimum absolute atomic E-state index is 0.138. The SMILES string of the molecule is FC(F)(F)C(F)(F)COc1cccnc1. The Labute approximate surface area is 81.7 Å². The lowest BCUT2D eigenvalue weighted by molar-refractivity contribution is -0.290. The lowest BCUT2D eigenvalue weighted by Crippen LogP contribution is -2.41. The molecule has 1 rings (SSSR count). The van der Waals surface area contributed by atoms with Crippen LogP contribution in [0.25, 0.3) is 0 Å². The van der Waals surface area contributed by atoms with Gasteiger partial charge in [0.2, 0.25) is 0 Å². The molecule has 0 radical (unpaired) electrons. The van der Waals surface area contributed by atoms with E-state index in [4.69, 9.17) is 0 Å². The van der Waals surface area contributed by atoms with E-state index in [0.29, 0.717) is 0 Å². The molecule has 1 aromatic rings. The molecule has 15 heavy (non-hydrogen) atoms. The summed E-state index contributed by atoms with van der Waals surface area (Å²) in [5.74, 6) is -5.00. The molecule has 0 aliphatic heterocycles. The average molecular weight is 227 g/mol. The second-order valence-electron chi connectivity index (χ2n) is 2.68. The normalized spacial score (nSPS) is 12.6. The molecule has 0 unspecified atom stereocenters. The van der Waals surface area contributed by atoms with Crippen LogP contribution in [0, 0.1) is 0 Å². The summed E-state index contributed by atoms with van der Waals surface area (Å²) in [6.45, 7) is -1.75. The van der Waals surface area contributed by atoms with E-state index in [1.54, 1.807) is 0 Å². The summed E-state index contributed by atoms with van der Waals surface area (Å²) < 4.78 is 64.0. The summed E-state index contributed by atoms with van der Waals surface area (Å²) >= 11 is 0. The number of hydrogen-bond acceptors (Lipinski definition) is 2. The molecule has 0 atom stereocenters. The van der Waals surface area contributed by atoms with E-state index in [1.165, 1.54) is 18.3 Å². The Bertz CT molecular complexity index is 311. The van der Waals surface area contributed by atoms with E-state index in [-0.39, 0.29) is 5.75 Å². The summed E-state index contributed by atoms with van der Waals surface area (Å²) in [5.41, 5.74) is 0. The Balaban J connectivity index is 2.58. The van der Waals surface area contributed by atoms with E-state index < -0.39 is 18.7 Å². The van der Waals surface area contributed by atoms with Gasteiger partial charge in [0.1, 0.15) is 5.75 Å². The van der Waals surface area contributed by atoms with Gasteiger partial charge in [-0.1, -0.05) is 0 Å². The summed E-state index contributed by atoms with van der Waals surface area (Å²) in [6, 6.07) is 2.60. The van der Waals surface area contributed by atoms with Gasteiger partial charge >= 0.3 is 12.1 Å². The molecule has 0 spiro atoms. The van der Waals surface area contributed by atoms with Crippen molar-refractivity contribution in [3.63, 3.8) is 0 Å². The Morgan fingerprint density at radius 2 is 1.87 bits per heavy atom. The first-order valence-corrected chi connectivity index (χ1v) is 3.80. The highest BCUT2D eigenvalue weighted by molar-refractivity contribution is 5.15. The fourth-order valence-electron chi connectivity index (χ4n) is 0.688. The van der Waals surface area contributed by atoms with E-state index in [9.17, 15) is 22.0 Å². The highest BCUT2D eigenvalue weighted by Crippen LogP contribution is 2.35. The van der Waals surface area contributed by atoms with Crippen molar-refractivity contribution in [1.82, 2.24) is 4.98 Å². The Morgan fingerprint density at radius 3 is 2.33 bits per heavy atom. The molecule has 0 aromatic carbocycles. The van der Waals surface area contributed by atoms with Crippen molar-refractivity contribution in [2.45, 2.75) is 12.1 Å². The number of aromatic nitrogens is 1. The standard InChI is InChI=1S/C8H6F5NO/c9-7(10,8(11,12)13)5-15-6-2-1-3-14-4-6/h1-4H,5H2. The van der Waals surface area contributed by atoms with Crippen LogP contribution in [0.3, 0.4) is 0 Å². The smallest absolute Gasteiger partial charge is 0.456 e. The highest BCUT2D eigenvalue weighted by Gasteiger charge is 2.58. The van der Waals surface area contributed by atoms with Gasteiger partial charge in [0.15, 0.2) is 6.61 Å². The van der Waals surface area contributed by atoms with Gasteiger partial charge in [0.05, 0.1) is 6.20 Å². The molecule has 1 aromatic heterocycles. The second-order valence-corrected chi connectivity index (χ2v) is 2.68. The molecule has 0 bridgehead atoms. The molecule has 0 fully saturated rings. The molecule has 7 heteroatoms. The van der Waals surface area contributed by atoms with Gasteiger partial charge in [-0.3, -0.25) is 4.98 Å². The molecular formula is C8H6F5NO. The molecule has 0 saturated carbocycles. The molecule has 84 valence electrons. The number of hydrogen-bond donors (Lipinski definition) is 0. The fourth-order valence-corrected chi connectivity index (χ4v) is 0.688. The maximum Gasteiger partial charge on any atom is 0.456 e. The van der Waals surface area contributed by atoms with Crippen molar-refractivity contribution in [3.8, 4) is 5.75 Å². The van der Waals surface area contributed by atoms with Crippen LogP contribution in [0.2, 0.25) is 0 Å². The van der Waals surface area contributed by atoms with Crippen LogP contribution in [-0.4, -0.2) is 23.7 Å². The van der Waals surface area contributed by atoms with Gasteiger partial charge in [-0.05, 0) is 12.1 Å². The summed E-state index contributed by atoms with van der Waals surface area (Å²) in [4.78, 5) is 3.50. The van der Waals surface area contributed by atoms with Crippen LogP contribution in [0.4, 0.5) is 22.0 Å². The van der Waals surface area contributed by atoms with Crippen LogP contribution < -0.4 is 4.74 Å². The first-order chi connectivity index (χ1) is 6.83. The summed E-state index contributed by atoms with van der Waals surface area (Å²) in [7, 11) is 0. The second kappa shape index (κ2) is 4.00. The zero-order chi connectivity index (χ0) is 11.5. The van der Waals surface area contributed by atoms with Crippen molar-refractivity contribution in [2.24, 2.45) is 0 Å². The number of rotatable bonds is 3. The minimum Gasteiger partial charge on any atom is -0.485 e. The topological polar surface area (TPSA) is 22.1 Å². The number of pyridine rings is 1. The van der Waals surface area contributed by atoms with Crippen LogP contribution in [0.5, 0.6) is 5.75 Å². The van der Waals surface area contributed by atoms with E-state index in [1.807, 2.05) is 0 Å². The molecule has 0 amide bonds.